The first-order valence-corrected chi connectivity index (χ1v) is 5.49. The highest BCUT2D eigenvalue weighted by molar-refractivity contribution is 6.21. The van der Waals surface area contributed by atoms with Gasteiger partial charge < -0.3 is 5.32 Å². The van der Waals surface area contributed by atoms with E-state index in [1.54, 1.807) is 0 Å². The summed E-state index contributed by atoms with van der Waals surface area (Å²) in [4.78, 5) is 8.59. The number of nitrogens with one attached hydrogen (secondary N) is 1. The maximum Gasteiger partial charge on any atom is 0.223 e. The number of anilines is 1. The second kappa shape index (κ2) is 4.35. The molecule has 1 heterocycles. The minimum atomic E-state index is -0.219. The normalized spacial score (nSPS) is 13.7. The summed E-state index contributed by atoms with van der Waals surface area (Å²) in [5.41, 5.74) is 1.87. The van der Waals surface area contributed by atoms with E-state index in [9.17, 15) is 0 Å². The van der Waals surface area contributed by atoms with Crippen molar-refractivity contribution in [1.29, 1.82) is 0 Å². The average Bonchev–Trinajstić information content (AvgIpc) is 2.10. The largest absolute Gasteiger partial charge is 0.348 e. The van der Waals surface area contributed by atoms with E-state index in [4.69, 9.17) is 11.6 Å². The summed E-state index contributed by atoms with van der Waals surface area (Å²) in [7, 11) is 0. The van der Waals surface area contributed by atoms with Gasteiger partial charge in [-0.3, -0.25) is 0 Å². The van der Waals surface area contributed by atoms with E-state index in [2.05, 4.69) is 15.3 Å². The molecule has 0 spiro atoms. The van der Waals surface area contributed by atoms with Crippen LogP contribution in [0, 0.1) is 13.8 Å². The first-order chi connectivity index (χ1) is 6.83. The Bertz CT molecular complexity index is 348. The molecular formula is C11H18ClN3. The molecule has 1 aromatic heterocycles. The van der Waals surface area contributed by atoms with Gasteiger partial charge in [0.05, 0.1) is 10.9 Å². The molecule has 0 saturated heterocycles. The first kappa shape index (κ1) is 12.2. The lowest BCUT2D eigenvalue weighted by atomic mass is 10.0. The maximum atomic E-state index is 6.07. The van der Waals surface area contributed by atoms with Crippen molar-refractivity contribution in [2.75, 3.05) is 5.32 Å². The van der Waals surface area contributed by atoms with Crippen LogP contribution in [0.2, 0.25) is 0 Å². The SMILES string of the molecule is Cc1cnc(NC(C)(C)C(C)Cl)nc1C. The van der Waals surface area contributed by atoms with Gasteiger partial charge >= 0.3 is 0 Å². The lowest BCUT2D eigenvalue weighted by Gasteiger charge is -2.29. The van der Waals surface area contributed by atoms with Crippen molar-refractivity contribution >= 4 is 17.5 Å². The second-order valence-electron chi connectivity index (χ2n) is 4.42. The van der Waals surface area contributed by atoms with E-state index in [1.807, 2.05) is 40.8 Å². The molecule has 0 aliphatic heterocycles. The van der Waals surface area contributed by atoms with Gasteiger partial charge in [0.2, 0.25) is 5.95 Å². The van der Waals surface area contributed by atoms with Crippen molar-refractivity contribution in [3.8, 4) is 0 Å². The van der Waals surface area contributed by atoms with Gasteiger partial charge in [-0.2, -0.15) is 0 Å². The van der Waals surface area contributed by atoms with Gasteiger partial charge in [0.15, 0.2) is 0 Å². The minimum Gasteiger partial charge on any atom is -0.348 e. The Morgan fingerprint density at radius 3 is 2.47 bits per heavy atom. The molecule has 0 amide bonds. The van der Waals surface area contributed by atoms with Crippen LogP contribution in [0.5, 0.6) is 0 Å². The summed E-state index contributed by atoms with van der Waals surface area (Å²) < 4.78 is 0. The zero-order valence-electron chi connectivity index (χ0n) is 9.93. The molecule has 1 rings (SSSR count). The molecule has 15 heavy (non-hydrogen) atoms. The van der Waals surface area contributed by atoms with E-state index in [0.29, 0.717) is 5.95 Å². The summed E-state index contributed by atoms with van der Waals surface area (Å²) in [6.45, 7) is 9.98. The number of aryl methyl sites for hydroxylation is 2. The van der Waals surface area contributed by atoms with Crippen LogP contribution in [0.25, 0.3) is 0 Å². The van der Waals surface area contributed by atoms with E-state index in [-0.39, 0.29) is 10.9 Å². The third kappa shape index (κ3) is 3.06. The minimum absolute atomic E-state index is 0.00251. The Balaban J connectivity index is 2.86. The zero-order chi connectivity index (χ0) is 11.6. The lowest BCUT2D eigenvalue weighted by molar-refractivity contribution is 0.549. The van der Waals surface area contributed by atoms with Crippen LogP contribution < -0.4 is 5.32 Å². The quantitative estimate of drug-likeness (QED) is 0.807. The predicted octanol–water partition coefficient (Wildman–Crippen LogP) is 2.91. The summed E-state index contributed by atoms with van der Waals surface area (Å²) in [5.74, 6) is 0.635. The molecule has 1 unspecified atom stereocenters. The molecular weight excluding hydrogens is 210 g/mol. The molecule has 0 aliphatic carbocycles. The molecule has 3 nitrogen and oxygen atoms in total. The van der Waals surface area contributed by atoms with E-state index in [0.717, 1.165) is 11.3 Å². The van der Waals surface area contributed by atoms with Crippen molar-refractivity contribution in [3.63, 3.8) is 0 Å². The number of hydrogen-bond donors (Lipinski definition) is 1. The zero-order valence-corrected chi connectivity index (χ0v) is 10.7. The van der Waals surface area contributed by atoms with Gasteiger partial charge in [0.25, 0.3) is 0 Å². The fourth-order valence-corrected chi connectivity index (χ4v) is 1.03. The van der Waals surface area contributed by atoms with Crippen LogP contribution in [0.4, 0.5) is 5.95 Å². The van der Waals surface area contributed by atoms with E-state index in [1.165, 1.54) is 0 Å². The molecule has 0 aromatic carbocycles. The number of halogens is 1. The monoisotopic (exact) mass is 227 g/mol. The maximum absolute atomic E-state index is 6.07. The van der Waals surface area contributed by atoms with Crippen LogP contribution in [0.1, 0.15) is 32.0 Å². The summed E-state index contributed by atoms with van der Waals surface area (Å²) in [6.07, 6.45) is 1.82. The first-order valence-electron chi connectivity index (χ1n) is 5.05. The molecule has 0 radical (unpaired) electrons. The summed E-state index contributed by atoms with van der Waals surface area (Å²) >= 11 is 6.07. The third-order valence-electron chi connectivity index (χ3n) is 2.65. The highest BCUT2D eigenvalue weighted by Crippen LogP contribution is 2.19. The van der Waals surface area contributed by atoms with Gasteiger partial charge in [-0.1, -0.05) is 0 Å². The van der Waals surface area contributed by atoms with Gasteiger partial charge in [0.1, 0.15) is 0 Å². The molecule has 1 atom stereocenters. The molecule has 0 bridgehead atoms. The number of nitrogens with zero attached hydrogens (tertiary/aromatic N) is 2. The Morgan fingerprint density at radius 1 is 1.40 bits per heavy atom. The van der Waals surface area contributed by atoms with Crippen LogP contribution in [-0.4, -0.2) is 20.9 Å². The molecule has 4 heteroatoms. The number of rotatable bonds is 3. The van der Waals surface area contributed by atoms with Crippen LogP contribution in [0.3, 0.4) is 0 Å². The average molecular weight is 228 g/mol. The van der Waals surface area contributed by atoms with E-state index < -0.39 is 0 Å². The van der Waals surface area contributed by atoms with Crippen LogP contribution >= 0.6 is 11.6 Å². The number of aromatic nitrogens is 2. The van der Waals surface area contributed by atoms with Crippen molar-refractivity contribution in [1.82, 2.24) is 9.97 Å². The molecule has 0 fully saturated rings. The third-order valence-corrected chi connectivity index (χ3v) is 3.20. The van der Waals surface area contributed by atoms with E-state index >= 15 is 0 Å². The smallest absolute Gasteiger partial charge is 0.223 e. The van der Waals surface area contributed by atoms with Crippen molar-refractivity contribution in [3.05, 3.63) is 17.5 Å². The Hall–Kier alpha value is -0.830. The van der Waals surface area contributed by atoms with Crippen molar-refractivity contribution in [2.24, 2.45) is 0 Å². The molecule has 0 aliphatic rings. The van der Waals surface area contributed by atoms with Crippen molar-refractivity contribution in [2.45, 2.75) is 45.5 Å². The number of hydrogen-bond acceptors (Lipinski definition) is 3. The second-order valence-corrected chi connectivity index (χ2v) is 5.08. The molecule has 84 valence electrons. The Morgan fingerprint density at radius 2 is 2.00 bits per heavy atom. The molecule has 0 saturated carbocycles. The summed E-state index contributed by atoms with van der Waals surface area (Å²) in [6, 6.07) is 0. The topological polar surface area (TPSA) is 37.8 Å². The Kier molecular flexibility index (Phi) is 3.55. The van der Waals surface area contributed by atoms with Gasteiger partial charge in [-0.05, 0) is 40.2 Å². The highest BCUT2D eigenvalue weighted by Gasteiger charge is 2.24. The van der Waals surface area contributed by atoms with Gasteiger partial charge in [0, 0.05) is 11.9 Å². The fraction of sp³-hybridized carbons (Fsp3) is 0.636. The van der Waals surface area contributed by atoms with Crippen LogP contribution in [0.15, 0.2) is 6.20 Å². The Labute approximate surface area is 96.3 Å². The molecule has 1 aromatic rings. The van der Waals surface area contributed by atoms with Crippen LogP contribution in [-0.2, 0) is 0 Å². The molecule has 1 N–H and O–H groups in total. The number of alkyl halides is 1. The van der Waals surface area contributed by atoms with Gasteiger partial charge in [-0.15, -0.1) is 11.6 Å². The predicted molar refractivity (Wildman–Crippen MR) is 64.5 cm³/mol. The highest BCUT2D eigenvalue weighted by atomic mass is 35.5. The summed E-state index contributed by atoms with van der Waals surface area (Å²) in [5, 5.41) is 3.23. The standard InChI is InChI=1S/C11H18ClN3/c1-7-6-13-10(14-8(7)2)15-11(4,5)9(3)12/h6,9H,1-5H3,(H,13,14,15). The van der Waals surface area contributed by atoms with Gasteiger partial charge in [-0.25, -0.2) is 9.97 Å². The van der Waals surface area contributed by atoms with Crippen molar-refractivity contribution < 1.29 is 0 Å². The lowest BCUT2D eigenvalue weighted by Crippen LogP contribution is -2.39. The fourth-order valence-electron chi connectivity index (χ4n) is 0.975.